The van der Waals surface area contributed by atoms with Gasteiger partial charge in [0.25, 0.3) is 17.7 Å². The number of hydrogen-bond donors (Lipinski definition) is 5. The molecule has 5 N–H and O–H groups in total. The van der Waals surface area contributed by atoms with Crippen molar-refractivity contribution in [3.63, 3.8) is 0 Å². The molecule has 1 atom stereocenters. The monoisotopic (exact) mass is 708 g/mol. The molecule has 2 aliphatic heterocycles. The summed E-state index contributed by atoms with van der Waals surface area (Å²) in [6.07, 6.45) is 2.15. The number of fused-ring (bicyclic) bond motifs is 2. The SMILES string of the molecule is CC(C)(CNc1ccc(Cn2ccc3ccc(C(=O)NO)cc32)cc1)COCC(C)(C)CNc1cccc2c1C(=O)N(C1CCC(=O)NC1=O)C2=O. The summed E-state index contributed by atoms with van der Waals surface area (Å²) in [4.78, 5) is 63.6. The lowest BCUT2D eigenvalue weighted by atomic mass is 9.92. The summed E-state index contributed by atoms with van der Waals surface area (Å²) in [5.41, 5.74) is 5.52. The summed E-state index contributed by atoms with van der Waals surface area (Å²) >= 11 is 0. The molecule has 6 rings (SSSR count). The van der Waals surface area contributed by atoms with E-state index in [9.17, 15) is 24.0 Å². The fraction of sp³-hybridized carbons (Fsp3) is 0.359. The maximum absolute atomic E-state index is 13.4. The van der Waals surface area contributed by atoms with E-state index in [2.05, 4.69) is 60.3 Å². The zero-order valence-corrected chi connectivity index (χ0v) is 29.7. The van der Waals surface area contributed by atoms with E-state index in [1.165, 1.54) is 0 Å². The van der Waals surface area contributed by atoms with Crippen LogP contribution in [0.3, 0.4) is 0 Å². The van der Waals surface area contributed by atoms with Crippen molar-refractivity contribution in [2.24, 2.45) is 10.8 Å². The Bertz CT molecular complexity index is 2030. The van der Waals surface area contributed by atoms with Gasteiger partial charge < -0.3 is 19.9 Å². The predicted octanol–water partition coefficient (Wildman–Crippen LogP) is 4.80. The number of carbonyl (C=O) groups excluding carboxylic acids is 5. The molecule has 1 unspecified atom stereocenters. The van der Waals surface area contributed by atoms with E-state index >= 15 is 0 Å². The number of carbonyl (C=O) groups is 5. The Morgan fingerprint density at radius 2 is 1.62 bits per heavy atom. The van der Waals surface area contributed by atoms with Gasteiger partial charge >= 0.3 is 0 Å². The van der Waals surface area contributed by atoms with Crippen LogP contribution in [0, 0.1) is 10.8 Å². The Labute approximate surface area is 301 Å². The van der Waals surface area contributed by atoms with Crippen LogP contribution in [0.2, 0.25) is 0 Å². The first kappa shape index (κ1) is 36.3. The van der Waals surface area contributed by atoms with Gasteiger partial charge in [0.05, 0.1) is 24.3 Å². The van der Waals surface area contributed by atoms with Gasteiger partial charge in [0.15, 0.2) is 0 Å². The van der Waals surface area contributed by atoms with Gasteiger partial charge in [-0.1, -0.05) is 52.0 Å². The van der Waals surface area contributed by atoms with E-state index in [1.54, 1.807) is 35.8 Å². The summed E-state index contributed by atoms with van der Waals surface area (Å²) in [5.74, 6) is -2.68. The molecule has 13 nitrogen and oxygen atoms in total. The number of nitrogens with one attached hydrogen (secondary N) is 4. The Hall–Kier alpha value is -5.53. The third-order valence-corrected chi connectivity index (χ3v) is 9.43. The molecule has 13 heteroatoms. The largest absolute Gasteiger partial charge is 0.384 e. The molecular formula is C39H44N6O7. The molecule has 1 saturated heterocycles. The number of hydrogen-bond acceptors (Lipinski definition) is 9. The Morgan fingerprint density at radius 3 is 2.31 bits per heavy atom. The average molecular weight is 709 g/mol. The second-order valence-corrected chi connectivity index (χ2v) is 15.1. The molecule has 4 aromatic rings. The first-order chi connectivity index (χ1) is 24.7. The van der Waals surface area contributed by atoms with Gasteiger partial charge in [-0.15, -0.1) is 0 Å². The van der Waals surface area contributed by atoms with E-state index in [4.69, 9.17) is 9.94 Å². The molecule has 0 spiro atoms. The van der Waals surface area contributed by atoms with E-state index in [1.807, 2.05) is 30.5 Å². The lowest BCUT2D eigenvalue weighted by Crippen LogP contribution is -2.54. The number of anilines is 2. The molecule has 3 heterocycles. The quantitative estimate of drug-likeness (QED) is 0.0701. The minimum absolute atomic E-state index is 0.0654. The number of amides is 5. The van der Waals surface area contributed by atoms with Crippen LogP contribution in [0.15, 0.2) is 72.9 Å². The van der Waals surface area contributed by atoms with Crippen LogP contribution < -0.4 is 21.4 Å². The number of hydroxylamine groups is 1. The maximum Gasteiger partial charge on any atom is 0.274 e. The number of benzene rings is 3. The topological polar surface area (TPSA) is 171 Å². The van der Waals surface area contributed by atoms with Crippen molar-refractivity contribution < 1.29 is 33.9 Å². The number of rotatable bonds is 14. The molecule has 0 radical (unpaired) electrons. The molecule has 5 amide bonds. The van der Waals surface area contributed by atoms with E-state index in [0.717, 1.165) is 27.1 Å². The zero-order valence-electron chi connectivity index (χ0n) is 29.7. The summed E-state index contributed by atoms with van der Waals surface area (Å²) in [6.45, 7) is 11.1. The lowest BCUT2D eigenvalue weighted by molar-refractivity contribution is -0.136. The molecule has 2 aliphatic rings. The Kier molecular flexibility index (Phi) is 10.2. The number of nitrogens with zero attached hydrogens (tertiary/aromatic N) is 2. The third kappa shape index (κ3) is 7.85. The van der Waals surface area contributed by atoms with Gasteiger partial charge in [-0.05, 0) is 59.8 Å². The Balaban J connectivity index is 0.979. The number of piperidine rings is 1. The van der Waals surface area contributed by atoms with Crippen LogP contribution in [0.25, 0.3) is 10.9 Å². The smallest absolute Gasteiger partial charge is 0.274 e. The van der Waals surface area contributed by atoms with Gasteiger partial charge in [0.1, 0.15) is 6.04 Å². The second-order valence-electron chi connectivity index (χ2n) is 15.1. The molecule has 52 heavy (non-hydrogen) atoms. The highest BCUT2D eigenvalue weighted by molar-refractivity contribution is 6.25. The van der Waals surface area contributed by atoms with Gasteiger partial charge in [0, 0.05) is 65.5 Å². The zero-order chi connectivity index (χ0) is 37.2. The van der Waals surface area contributed by atoms with Crippen molar-refractivity contribution in [3.8, 4) is 0 Å². The fourth-order valence-electron chi connectivity index (χ4n) is 6.50. The van der Waals surface area contributed by atoms with Crippen LogP contribution in [-0.4, -0.2) is 76.6 Å². The molecule has 272 valence electrons. The molecule has 1 fully saturated rings. The van der Waals surface area contributed by atoms with Crippen molar-refractivity contribution in [3.05, 3.63) is 95.2 Å². The molecule has 3 aromatic carbocycles. The number of aromatic nitrogens is 1. The van der Waals surface area contributed by atoms with Crippen molar-refractivity contribution in [2.45, 2.75) is 53.1 Å². The minimum Gasteiger partial charge on any atom is -0.384 e. The minimum atomic E-state index is -1.02. The van der Waals surface area contributed by atoms with Crippen molar-refractivity contribution in [1.82, 2.24) is 20.3 Å². The Morgan fingerprint density at radius 1 is 0.904 bits per heavy atom. The lowest BCUT2D eigenvalue weighted by Gasteiger charge is -2.30. The molecule has 0 bridgehead atoms. The van der Waals surface area contributed by atoms with Gasteiger partial charge in [-0.25, -0.2) is 5.48 Å². The molecule has 1 aromatic heterocycles. The highest BCUT2D eigenvalue weighted by atomic mass is 16.5. The van der Waals surface area contributed by atoms with Crippen molar-refractivity contribution in [2.75, 3.05) is 36.9 Å². The number of imide groups is 2. The average Bonchev–Trinajstić information content (AvgIpc) is 3.63. The highest BCUT2D eigenvalue weighted by Crippen LogP contribution is 2.33. The van der Waals surface area contributed by atoms with Crippen molar-refractivity contribution in [1.29, 1.82) is 0 Å². The first-order valence-corrected chi connectivity index (χ1v) is 17.3. The second kappa shape index (κ2) is 14.6. The van der Waals surface area contributed by atoms with Crippen LogP contribution in [0.5, 0.6) is 0 Å². The summed E-state index contributed by atoms with van der Waals surface area (Å²) in [5, 5.41) is 19.1. The van der Waals surface area contributed by atoms with Gasteiger partial charge in [-0.2, -0.15) is 0 Å². The first-order valence-electron chi connectivity index (χ1n) is 17.3. The highest BCUT2D eigenvalue weighted by Gasteiger charge is 2.45. The predicted molar refractivity (Wildman–Crippen MR) is 195 cm³/mol. The molecule has 0 aliphatic carbocycles. The van der Waals surface area contributed by atoms with E-state index < -0.39 is 35.6 Å². The van der Waals surface area contributed by atoms with Crippen LogP contribution >= 0.6 is 0 Å². The molecular weight excluding hydrogens is 664 g/mol. The van der Waals surface area contributed by atoms with Gasteiger partial charge in [-0.3, -0.25) is 39.4 Å². The summed E-state index contributed by atoms with van der Waals surface area (Å²) in [7, 11) is 0. The number of ether oxygens (including phenoxy) is 1. The van der Waals surface area contributed by atoms with Crippen molar-refractivity contribution >= 4 is 51.8 Å². The normalized spacial score (nSPS) is 16.2. The standard InChI is InChI=1S/C39H44N6O7/c1-38(2,20-40-27-12-8-24(9-13-27)19-44-17-16-25-10-11-26(18-31(25)44)34(47)43-51)22-52-23-39(3,4)21-41-29-7-5-6-28-33(29)37(50)45(36(28)49)30-14-15-32(46)42-35(30)48/h5-13,16-18,30,40-41,51H,14-15,19-23H2,1-4H3,(H,43,47)(H,42,46,48). The van der Waals surface area contributed by atoms with Gasteiger partial charge in [0.2, 0.25) is 11.8 Å². The van der Waals surface area contributed by atoms with Crippen LogP contribution in [0.1, 0.15) is 77.2 Å². The van der Waals surface area contributed by atoms with Crippen LogP contribution in [-0.2, 0) is 20.9 Å². The summed E-state index contributed by atoms with van der Waals surface area (Å²) in [6, 6.07) is 19.5. The fourth-order valence-corrected chi connectivity index (χ4v) is 6.50. The summed E-state index contributed by atoms with van der Waals surface area (Å²) < 4.78 is 8.27. The van der Waals surface area contributed by atoms with E-state index in [-0.39, 0.29) is 34.8 Å². The third-order valence-electron chi connectivity index (χ3n) is 9.43. The van der Waals surface area contributed by atoms with Crippen LogP contribution in [0.4, 0.5) is 11.4 Å². The maximum atomic E-state index is 13.4. The molecule has 0 saturated carbocycles. The van der Waals surface area contributed by atoms with E-state index in [0.29, 0.717) is 44.1 Å².